The Hall–Kier alpha value is -2.53. The van der Waals surface area contributed by atoms with Crippen molar-refractivity contribution in [1.29, 1.82) is 0 Å². The minimum Gasteiger partial charge on any atom is -0.539 e. The van der Waals surface area contributed by atoms with E-state index in [0.717, 1.165) is 51.9 Å². The van der Waals surface area contributed by atoms with E-state index in [-0.39, 0.29) is 5.97 Å². The van der Waals surface area contributed by atoms with Gasteiger partial charge < -0.3 is 29.4 Å². The lowest BCUT2D eigenvalue weighted by molar-refractivity contribution is -0.903. The molecule has 1 aliphatic rings. The molecular formula is C30H43NO7S2. The lowest BCUT2D eigenvalue weighted by Crippen LogP contribution is -3.13. The molecule has 0 radical (unpaired) electrons. The summed E-state index contributed by atoms with van der Waals surface area (Å²) in [5, 5.41) is 25.2. The monoisotopic (exact) mass is 593 g/mol. The first-order valence-electron chi connectivity index (χ1n) is 14.2. The van der Waals surface area contributed by atoms with E-state index < -0.39 is 11.9 Å². The Kier molecular flexibility index (Phi) is 17.1. The highest BCUT2D eigenvalue weighted by Crippen LogP contribution is 2.32. The number of hydrogen-bond donors (Lipinski definition) is 2. The molecule has 0 saturated carbocycles. The second-order valence-corrected chi connectivity index (χ2v) is 11.4. The maximum atomic E-state index is 11.8. The number of unbranched alkanes of at least 4 members (excludes halogenated alkanes) is 6. The fourth-order valence-electron chi connectivity index (χ4n) is 4.63. The molecule has 2 aromatic rings. The van der Waals surface area contributed by atoms with Crippen LogP contribution in [0.4, 0.5) is 0 Å². The van der Waals surface area contributed by atoms with Crippen LogP contribution in [0.3, 0.4) is 0 Å². The number of esters is 1. The molecule has 3 rings (SSSR count). The number of carbonyl (C=O) groups is 3. The molecular weight excluding hydrogens is 550 g/mol. The SMILES string of the molecule is CCCCCCCCCC(=O)OCCOCC[NH+]1CCC(=C(c2ccsc2)c2ccsc2)CC1.O=C([O-])C(=O)O. The van der Waals surface area contributed by atoms with Crippen LogP contribution in [0, 0.1) is 0 Å². The van der Waals surface area contributed by atoms with Crippen LogP contribution in [0.25, 0.3) is 5.57 Å². The molecule has 2 N–H and O–H groups in total. The molecule has 8 nitrogen and oxygen atoms in total. The number of carbonyl (C=O) groups excluding carboxylic acids is 2. The number of ether oxygens (including phenoxy) is 2. The van der Waals surface area contributed by atoms with Gasteiger partial charge in [-0.25, -0.2) is 4.79 Å². The van der Waals surface area contributed by atoms with E-state index >= 15 is 0 Å². The van der Waals surface area contributed by atoms with Gasteiger partial charge in [0.05, 0.1) is 26.3 Å². The van der Waals surface area contributed by atoms with Crippen molar-refractivity contribution < 1.29 is 39.0 Å². The summed E-state index contributed by atoms with van der Waals surface area (Å²) < 4.78 is 11.1. The topological polar surface area (TPSA) is 117 Å². The molecule has 0 spiro atoms. The predicted octanol–water partition coefficient (Wildman–Crippen LogP) is 3.81. The van der Waals surface area contributed by atoms with E-state index in [1.165, 1.54) is 48.8 Å². The maximum absolute atomic E-state index is 11.8. The van der Waals surface area contributed by atoms with E-state index in [9.17, 15) is 4.79 Å². The number of thiophene rings is 2. The zero-order valence-electron chi connectivity index (χ0n) is 23.5. The van der Waals surface area contributed by atoms with E-state index in [1.807, 2.05) is 0 Å². The second-order valence-electron chi connectivity index (χ2n) is 9.80. The number of piperidine rings is 1. The molecule has 0 aliphatic carbocycles. The molecule has 2 aromatic heterocycles. The Morgan fingerprint density at radius 3 is 2.00 bits per heavy atom. The first-order chi connectivity index (χ1) is 19.4. The fraction of sp³-hybridized carbons (Fsp3) is 0.567. The number of carboxylic acids is 2. The number of quaternary nitrogens is 1. The van der Waals surface area contributed by atoms with Crippen molar-refractivity contribution in [3.05, 3.63) is 50.4 Å². The summed E-state index contributed by atoms with van der Waals surface area (Å²) in [6, 6.07) is 4.50. The lowest BCUT2D eigenvalue weighted by Gasteiger charge is -2.27. The van der Waals surface area contributed by atoms with E-state index in [1.54, 1.807) is 33.1 Å². The molecule has 0 unspecified atom stereocenters. The zero-order valence-corrected chi connectivity index (χ0v) is 25.1. The zero-order chi connectivity index (χ0) is 29.0. The highest BCUT2D eigenvalue weighted by atomic mass is 32.1. The van der Waals surface area contributed by atoms with Crippen molar-refractivity contribution in [2.24, 2.45) is 0 Å². The second kappa shape index (κ2) is 20.4. The molecule has 40 heavy (non-hydrogen) atoms. The van der Waals surface area contributed by atoms with Gasteiger partial charge >= 0.3 is 11.9 Å². The molecule has 3 heterocycles. The maximum Gasteiger partial charge on any atom is 0.351 e. The molecule has 1 fully saturated rings. The van der Waals surface area contributed by atoms with Gasteiger partial charge in [-0.05, 0) is 56.8 Å². The standard InChI is InChI=1S/C28H41NO3S2.C2H2O4/c1-2-3-4-5-6-7-8-9-27(30)32-19-18-31-17-16-29-14-10-24(11-15-29)28(25-12-20-33-22-25)26-13-21-34-23-26;3-1(4)2(5)6/h12-13,20-23H,2-11,14-19H2,1H3;(H,3,4)(H,5,6). The number of rotatable bonds is 16. The number of aliphatic carboxylic acids is 2. The summed E-state index contributed by atoms with van der Waals surface area (Å²) >= 11 is 3.55. The van der Waals surface area contributed by atoms with Crippen LogP contribution >= 0.6 is 22.7 Å². The fourth-order valence-corrected chi connectivity index (χ4v) is 5.92. The number of hydrogen-bond acceptors (Lipinski definition) is 8. The molecule has 0 amide bonds. The average molecular weight is 594 g/mol. The minimum atomic E-state index is -2.07. The van der Waals surface area contributed by atoms with Crippen molar-refractivity contribution in [2.75, 3.05) is 39.5 Å². The minimum absolute atomic E-state index is 0.0785. The summed E-state index contributed by atoms with van der Waals surface area (Å²) in [5.41, 5.74) is 5.78. The Balaban J connectivity index is 0.000000840. The largest absolute Gasteiger partial charge is 0.539 e. The summed E-state index contributed by atoms with van der Waals surface area (Å²) in [6.07, 6.45) is 11.4. The molecule has 1 saturated heterocycles. The highest BCUT2D eigenvalue weighted by molar-refractivity contribution is 7.08. The van der Waals surface area contributed by atoms with Crippen molar-refractivity contribution in [2.45, 2.75) is 71.1 Å². The Bertz CT molecular complexity index is 961. The highest BCUT2D eigenvalue weighted by Gasteiger charge is 2.21. The van der Waals surface area contributed by atoms with Crippen LogP contribution in [0.1, 0.15) is 82.3 Å². The van der Waals surface area contributed by atoms with Gasteiger partial charge in [0.2, 0.25) is 0 Å². The first kappa shape index (κ1) is 33.7. The Labute approximate surface area is 245 Å². The van der Waals surface area contributed by atoms with E-state index in [2.05, 4.69) is 40.6 Å². The third-order valence-electron chi connectivity index (χ3n) is 6.78. The summed E-state index contributed by atoms with van der Waals surface area (Å²) in [6.45, 7) is 7.17. The normalized spacial score (nSPS) is 14.7. The van der Waals surface area contributed by atoms with E-state index in [0.29, 0.717) is 19.6 Å². The van der Waals surface area contributed by atoms with Gasteiger partial charge in [0.15, 0.2) is 5.97 Å². The van der Waals surface area contributed by atoms with Gasteiger partial charge in [-0.15, -0.1) is 0 Å². The van der Waals surface area contributed by atoms with Gasteiger partial charge in [0.1, 0.15) is 13.2 Å². The molecule has 10 heteroatoms. The van der Waals surface area contributed by atoms with Gasteiger partial charge in [0, 0.05) is 19.3 Å². The number of carboxylic acid groups (broad SMARTS) is 2. The van der Waals surface area contributed by atoms with Crippen LogP contribution in [-0.2, 0) is 23.9 Å². The van der Waals surface area contributed by atoms with Crippen LogP contribution in [0.5, 0.6) is 0 Å². The van der Waals surface area contributed by atoms with Crippen LogP contribution in [0.15, 0.2) is 39.2 Å². The lowest BCUT2D eigenvalue weighted by atomic mass is 9.91. The quantitative estimate of drug-likeness (QED) is 0.173. The van der Waals surface area contributed by atoms with Gasteiger partial charge in [-0.2, -0.15) is 22.7 Å². The summed E-state index contributed by atoms with van der Waals surface area (Å²) in [4.78, 5) is 31.5. The molecule has 0 aromatic carbocycles. The van der Waals surface area contributed by atoms with Crippen molar-refractivity contribution in [3.8, 4) is 0 Å². The van der Waals surface area contributed by atoms with Crippen LogP contribution < -0.4 is 10.0 Å². The number of nitrogens with one attached hydrogen (secondary N) is 1. The molecule has 0 atom stereocenters. The molecule has 1 aliphatic heterocycles. The van der Waals surface area contributed by atoms with Crippen molar-refractivity contribution >= 4 is 46.2 Å². The summed E-state index contributed by atoms with van der Waals surface area (Å²) in [7, 11) is 0. The first-order valence-corrected chi connectivity index (χ1v) is 16.1. The van der Waals surface area contributed by atoms with Crippen LogP contribution in [-0.4, -0.2) is 62.5 Å². The number of likely N-dealkylation sites (tertiary alicyclic amines) is 1. The third kappa shape index (κ3) is 13.7. The van der Waals surface area contributed by atoms with Gasteiger partial charge in [0.25, 0.3) is 0 Å². The van der Waals surface area contributed by atoms with Crippen LogP contribution in [0.2, 0.25) is 0 Å². The van der Waals surface area contributed by atoms with E-state index in [4.69, 9.17) is 29.3 Å². The average Bonchev–Trinajstić information content (AvgIpc) is 3.67. The molecule has 0 bridgehead atoms. The smallest absolute Gasteiger partial charge is 0.351 e. The Morgan fingerprint density at radius 1 is 0.900 bits per heavy atom. The Morgan fingerprint density at radius 2 is 1.48 bits per heavy atom. The molecule has 222 valence electrons. The third-order valence-corrected chi connectivity index (χ3v) is 8.15. The predicted molar refractivity (Wildman–Crippen MR) is 156 cm³/mol. The van der Waals surface area contributed by atoms with Gasteiger partial charge in [-0.3, -0.25) is 4.79 Å². The van der Waals surface area contributed by atoms with Crippen molar-refractivity contribution in [1.82, 2.24) is 0 Å². The van der Waals surface area contributed by atoms with Crippen molar-refractivity contribution in [3.63, 3.8) is 0 Å². The summed E-state index contributed by atoms with van der Waals surface area (Å²) in [5.74, 6) is -4.09. The van der Waals surface area contributed by atoms with Gasteiger partial charge in [-0.1, -0.05) is 51.0 Å².